The maximum Gasteiger partial charge on any atom is 0.138 e. The van der Waals surface area contributed by atoms with Gasteiger partial charge in [0.1, 0.15) is 5.76 Å². The van der Waals surface area contributed by atoms with Crippen LogP contribution in [0.5, 0.6) is 0 Å². The van der Waals surface area contributed by atoms with Gasteiger partial charge < -0.3 is 9.84 Å². The molecule has 0 aromatic carbocycles. The Balaban J connectivity index is 1.96. The average molecular weight is 262 g/mol. The molecule has 0 unspecified atom stereocenters. The van der Waals surface area contributed by atoms with E-state index in [0.29, 0.717) is 12.1 Å². The van der Waals surface area contributed by atoms with Crippen LogP contribution in [0.15, 0.2) is 16.9 Å². The molecule has 5 heteroatoms. The van der Waals surface area contributed by atoms with Gasteiger partial charge in [-0.05, 0) is 40.2 Å². The first kappa shape index (κ1) is 13.8. The molecule has 2 heterocycles. The number of aryl methyl sites for hydroxylation is 3. The second kappa shape index (κ2) is 5.57. The molecule has 2 rings (SSSR count). The second-order valence-corrected chi connectivity index (χ2v) is 5.21. The minimum atomic E-state index is 0.300. The van der Waals surface area contributed by atoms with Crippen molar-refractivity contribution in [3.05, 3.63) is 35.0 Å². The summed E-state index contributed by atoms with van der Waals surface area (Å²) in [6.45, 7) is 11.1. The van der Waals surface area contributed by atoms with E-state index in [2.05, 4.69) is 42.5 Å². The van der Waals surface area contributed by atoms with E-state index < -0.39 is 0 Å². The lowest BCUT2D eigenvalue weighted by Crippen LogP contribution is -2.33. The molecule has 0 fully saturated rings. The molecule has 0 aliphatic carbocycles. The fraction of sp³-hybridized carbons (Fsp3) is 0.571. The van der Waals surface area contributed by atoms with Crippen LogP contribution in [-0.2, 0) is 6.54 Å². The van der Waals surface area contributed by atoms with Gasteiger partial charge in [-0.3, -0.25) is 4.68 Å². The summed E-state index contributed by atoms with van der Waals surface area (Å²) < 4.78 is 7.17. The first-order valence-corrected chi connectivity index (χ1v) is 6.65. The molecule has 0 saturated carbocycles. The monoisotopic (exact) mass is 262 g/mol. The van der Waals surface area contributed by atoms with Gasteiger partial charge in [-0.2, -0.15) is 5.10 Å². The Hall–Kier alpha value is -1.62. The van der Waals surface area contributed by atoms with Gasteiger partial charge in [0.2, 0.25) is 0 Å². The van der Waals surface area contributed by atoms with Gasteiger partial charge in [0, 0.05) is 24.3 Å². The Morgan fingerprint density at radius 1 is 1.32 bits per heavy atom. The van der Waals surface area contributed by atoms with Crippen LogP contribution in [0, 0.1) is 20.8 Å². The highest BCUT2D eigenvalue weighted by atomic mass is 16.5. The zero-order chi connectivity index (χ0) is 14.0. The van der Waals surface area contributed by atoms with Crippen molar-refractivity contribution >= 4 is 0 Å². The minimum Gasteiger partial charge on any atom is -0.361 e. The molecular formula is C14H22N4O. The van der Waals surface area contributed by atoms with Crippen LogP contribution in [0.1, 0.15) is 42.5 Å². The van der Waals surface area contributed by atoms with Gasteiger partial charge >= 0.3 is 0 Å². The van der Waals surface area contributed by atoms with E-state index >= 15 is 0 Å². The molecule has 19 heavy (non-hydrogen) atoms. The number of hydrogen-bond acceptors (Lipinski definition) is 4. The molecule has 0 spiro atoms. The van der Waals surface area contributed by atoms with Crippen LogP contribution < -0.4 is 5.32 Å². The summed E-state index contributed by atoms with van der Waals surface area (Å²) in [5, 5.41) is 11.8. The van der Waals surface area contributed by atoms with Gasteiger partial charge in [0.25, 0.3) is 0 Å². The van der Waals surface area contributed by atoms with Crippen molar-refractivity contribution in [2.75, 3.05) is 0 Å². The lowest BCUT2D eigenvalue weighted by Gasteiger charge is -2.21. The molecule has 0 aliphatic heterocycles. The van der Waals surface area contributed by atoms with Crippen molar-refractivity contribution in [3.8, 4) is 0 Å². The zero-order valence-corrected chi connectivity index (χ0v) is 12.3. The van der Waals surface area contributed by atoms with E-state index in [4.69, 9.17) is 4.52 Å². The number of rotatable bonds is 5. The largest absolute Gasteiger partial charge is 0.361 e. The smallest absolute Gasteiger partial charge is 0.138 e. The Morgan fingerprint density at radius 2 is 2.05 bits per heavy atom. The fourth-order valence-corrected chi connectivity index (χ4v) is 2.07. The Kier molecular flexibility index (Phi) is 4.04. The molecule has 2 aromatic heterocycles. The van der Waals surface area contributed by atoms with Crippen LogP contribution in [0.25, 0.3) is 0 Å². The average Bonchev–Trinajstić information content (AvgIpc) is 2.93. The highest BCUT2D eigenvalue weighted by molar-refractivity contribution is 5.20. The molecular weight excluding hydrogens is 240 g/mol. The van der Waals surface area contributed by atoms with E-state index in [9.17, 15) is 0 Å². The summed E-state index contributed by atoms with van der Waals surface area (Å²) in [5.74, 6) is 0.889. The zero-order valence-electron chi connectivity index (χ0n) is 12.3. The lowest BCUT2D eigenvalue weighted by atomic mass is 10.1. The molecule has 2 atom stereocenters. The number of nitrogens with zero attached hydrogens (tertiary/aromatic N) is 3. The van der Waals surface area contributed by atoms with E-state index in [0.717, 1.165) is 23.6 Å². The number of hydrogen-bond donors (Lipinski definition) is 1. The van der Waals surface area contributed by atoms with Gasteiger partial charge in [0.15, 0.2) is 0 Å². The van der Waals surface area contributed by atoms with Gasteiger partial charge in [-0.1, -0.05) is 5.16 Å². The van der Waals surface area contributed by atoms with Crippen molar-refractivity contribution in [1.29, 1.82) is 0 Å². The lowest BCUT2D eigenvalue weighted by molar-refractivity contribution is 0.362. The van der Waals surface area contributed by atoms with Gasteiger partial charge in [-0.15, -0.1) is 0 Å². The third-order valence-electron chi connectivity index (χ3n) is 3.65. The van der Waals surface area contributed by atoms with E-state index in [-0.39, 0.29) is 0 Å². The predicted octanol–water partition coefficient (Wildman–Crippen LogP) is 2.54. The topological polar surface area (TPSA) is 55.9 Å². The molecule has 0 radical (unpaired) electrons. The summed E-state index contributed by atoms with van der Waals surface area (Å²) in [5.41, 5.74) is 3.29. The molecule has 2 aromatic rings. The highest BCUT2D eigenvalue weighted by Gasteiger charge is 2.16. The van der Waals surface area contributed by atoms with Crippen molar-refractivity contribution in [1.82, 2.24) is 20.3 Å². The predicted molar refractivity (Wildman–Crippen MR) is 74.0 cm³/mol. The molecule has 1 N–H and O–H groups in total. The quantitative estimate of drug-likeness (QED) is 0.899. The first-order valence-electron chi connectivity index (χ1n) is 6.65. The summed E-state index contributed by atoms with van der Waals surface area (Å²) in [7, 11) is 0. The number of nitrogens with one attached hydrogen (secondary N) is 1. The maximum atomic E-state index is 5.17. The molecule has 0 aliphatic rings. The molecule has 0 amide bonds. The van der Waals surface area contributed by atoms with Crippen LogP contribution in [0.2, 0.25) is 0 Å². The second-order valence-electron chi connectivity index (χ2n) is 5.21. The maximum absolute atomic E-state index is 5.17. The van der Waals surface area contributed by atoms with Gasteiger partial charge in [0.05, 0.1) is 17.9 Å². The number of aromatic nitrogens is 3. The van der Waals surface area contributed by atoms with E-state index in [1.807, 2.05) is 24.7 Å². The van der Waals surface area contributed by atoms with Crippen molar-refractivity contribution in [2.24, 2.45) is 0 Å². The third-order valence-corrected chi connectivity index (χ3v) is 3.65. The Bertz CT molecular complexity index is 524. The van der Waals surface area contributed by atoms with E-state index in [1.165, 1.54) is 5.56 Å². The normalized spacial score (nSPS) is 14.6. The van der Waals surface area contributed by atoms with Crippen LogP contribution in [0.4, 0.5) is 0 Å². The summed E-state index contributed by atoms with van der Waals surface area (Å²) >= 11 is 0. The molecule has 104 valence electrons. The van der Waals surface area contributed by atoms with Crippen molar-refractivity contribution < 1.29 is 4.52 Å². The summed E-state index contributed by atoms with van der Waals surface area (Å²) in [6.07, 6.45) is 3.95. The fourth-order valence-electron chi connectivity index (χ4n) is 2.07. The van der Waals surface area contributed by atoms with Crippen LogP contribution >= 0.6 is 0 Å². The standard InChI is InChI=1S/C14H22N4O/c1-9-6-16-18(8-9)12(4)10(2)15-7-14-11(3)17-19-13(14)5/h6,8,10,12,15H,7H2,1-5H3/t10-,12-/m1/s1. The van der Waals surface area contributed by atoms with Crippen molar-refractivity contribution in [3.63, 3.8) is 0 Å². The molecule has 0 saturated heterocycles. The Labute approximate surface area is 114 Å². The first-order chi connectivity index (χ1) is 8.99. The Morgan fingerprint density at radius 3 is 2.58 bits per heavy atom. The molecule has 0 bridgehead atoms. The summed E-state index contributed by atoms with van der Waals surface area (Å²) in [4.78, 5) is 0. The summed E-state index contributed by atoms with van der Waals surface area (Å²) in [6, 6.07) is 0.613. The van der Waals surface area contributed by atoms with Gasteiger partial charge in [-0.25, -0.2) is 0 Å². The highest BCUT2D eigenvalue weighted by Crippen LogP contribution is 2.15. The third kappa shape index (κ3) is 3.04. The minimum absolute atomic E-state index is 0.300. The molecule has 5 nitrogen and oxygen atoms in total. The SMILES string of the molecule is Cc1cnn([C@H](C)[C@@H](C)NCc2c(C)noc2C)c1. The van der Waals surface area contributed by atoms with Crippen LogP contribution in [-0.4, -0.2) is 21.0 Å². The van der Waals surface area contributed by atoms with Crippen LogP contribution in [0.3, 0.4) is 0 Å². The van der Waals surface area contributed by atoms with E-state index in [1.54, 1.807) is 0 Å². The van der Waals surface area contributed by atoms with Crippen molar-refractivity contribution in [2.45, 2.75) is 53.2 Å².